The highest BCUT2D eigenvalue weighted by molar-refractivity contribution is 7.89. The van der Waals surface area contributed by atoms with Gasteiger partial charge in [0.25, 0.3) is 11.8 Å². The zero-order valence-electron chi connectivity index (χ0n) is 18.6. The fraction of sp³-hybridized carbons (Fsp3) is 0.391. The first-order chi connectivity index (χ1) is 15.8. The summed E-state index contributed by atoms with van der Waals surface area (Å²) in [4.78, 5) is 26.8. The molecule has 2 aromatic rings. The first kappa shape index (κ1) is 23.1. The lowest BCUT2D eigenvalue weighted by molar-refractivity contribution is -0.123. The molecule has 0 spiro atoms. The predicted molar refractivity (Wildman–Crippen MR) is 122 cm³/mol. The van der Waals surface area contributed by atoms with Crippen molar-refractivity contribution in [2.24, 2.45) is 0 Å². The second-order valence-electron chi connectivity index (χ2n) is 7.79. The van der Waals surface area contributed by atoms with Crippen LogP contribution in [0.3, 0.4) is 0 Å². The molecule has 2 heterocycles. The van der Waals surface area contributed by atoms with Gasteiger partial charge in [-0.2, -0.15) is 4.31 Å². The number of hydrogen-bond donors (Lipinski definition) is 1. The molecule has 2 aromatic carbocycles. The van der Waals surface area contributed by atoms with Crippen LogP contribution in [0.2, 0.25) is 0 Å². The summed E-state index contributed by atoms with van der Waals surface area (Å²) in [6.45, 7) is 5.01. The van der Waals surface area contributed by atoms with Gasteiger partial charge in [-0.3, -0.25) is 9.59 Å². The lowest BCUT2D eigenvalue weighted by atomic mass is 10.1. The number of carbonyl (C=O) groups excluding carboxylic acids is 2. The van der Waals surface area contributed by atoms with Crippen molar-refractivity contribution in [3.05, 3.63) is 48.0 Å². The highest BCUT2D eigenvalue weighted by atomic mass is 32.2. The van der Waals surface area contributed by atoms with E-state index in [0.29, 0.717) is 35.8 Å². The van der Waals surface area contributed by atoms with Crippen LogP contribution in [0, 0.1) is 0 Å². The van der Waals surface area contributed by atoms with Gasteiger partial charge in [0.05, 0.1) is 22.8 Å². The molecular formula is C23H27N3O6S. The van der Waals surface area contributed by atoms with Crippen molar-refractivity contribution in [2.75, 3.05) is 38.1 Å². The minimum absolute atomic E-state index is 0.0709. The number of para-hydroxylation sites is 1. The van der Waals surface area contributed by atoms with Crippen molar-refractivity contribution < 1.29 is 27.5 Å². The topological polar surface area (TPSA) is 105 Å². The van der Waals surface area contributed by atoms with Gasteiger partial charge in [-0.25, -0.2) is 8.42 Å². The number of rotatable bonds is 6. The zero-order valence-corrected chi connectivity index (χ0v) is 19.4. The molecule has 1 unspecified atom stereocenters. The van der Waals surface area contributed by atoms with Gasteiger partial charge in [-0.05, 0) is 43.7 Å². The molecule has 0 aromatic heterocycles. The molecule has 9 nitrogen and oxygen atoms in total. The Bertz CT molecular complexity index is 1160. The molecule has 1 N–H and O–H groups in total. The molecule has 2 aliphatic heterocycles. The van der Waals surface area contributed by atoms with Crippen LogP contribution >= 0.6 is 0 Å². The van der Waals surface area contributed by atoms with Gasteiger partial charge in [0.2, 0.25) is 10.0 Å². The number of anilines is 1. The van der Waals surface area contributed by atoms with E-state index in [4.69, 9.17) is 9.47 Å². The largest absolute Gasteiger partial charge is 0.493 e. The summed E-state index contributed by atoms with van der Waals surface area (Å²) < 4.78 is 39.0. The SMILES string of the molecule is CCOc1ccccc1C(=O)N1CCN(S(=O)(=O)c2ccc3c(c2)NC(=O)C(CC)O3)CC1. The Balaban J connectivity index is 1.46. The van der Waals surface area contributed by atoms with Crippen LogP contribution < -0.4 is 14.8 Å². The number of hydrogen-bond acceptors (Lipinski definition) is 6. The Morgan fingerprint density at radius 3 is 2.55 bits per heavy atom. The van der Waals surface area contributed by atoms with Crippen LogP contribution in [0.15, 0.2) is 47.4 Å². The molecule has 2 aliphatic rings. The Kier molecular flexibility index (Phi) is 6.57. The smallest absolute Gasteiger partial charge is 0.265 e. The lowest BCUT2D eigenvalue weighted by Gasteiger charge is -2.34. The zero-order chi connectivity index (χ0) is 23.6. The van der Waals surface area contributed by atoms with Crippen molar-refractivity contribution >= 4 is 27.5 Å². The molecule has 0 saturated carbocycles. The molecule has 1 saturated heterocycles. The average Bonchev–Trinajstić information content (AvgIpc) is 2.83. The van der Waals surface area contributed by atoms with E-state index in [1.165, 1.54) is 16.4 Å². The molecule has 176 valence electrons. The Morgan fingerprint density at radius 1 is 1.12 bits per heavy atom. The van der Waals surface area contributed by atoms with E-state index in [1.54, 1.807) is 35.2 Å². The molecule has 33 heavy (non-hydrogen) atoms. The maximum absolute atomic E-state index is 13.2. The van der Waals surface area contributed by atoms with E-state index in [-0.39, 0.29) is 42.9 Å². The number of fused-ring (bicyclic) bond motifs is 1. The number of ether oxygens (including phenoxy) is 2. The number of amides is 2. The molecule has 4 rings (SSSR count). The van der Waals surface area contributed by atoms with Crippen LogP contribution in [0.25, 0.3) is 0 Å². The van der Waals surface area contributed by atoms with Crippen LogP contribution in [0.5, 0.6) is 11.5 Å². The van der Waals surface area contributed by atoms with E-state index in [2.05, 4.69) is 5.32 Å². The fourth-order valence-corrected chi connectivity index (χ4v) is 5.38. The van der Waals surface area contributed by atoms with Crippen molar-refractivity contribution in [3.63, 3.8) is 0 Å². The van der Waals surface area contributed by atoms with Gasteiger partial charge in [0.15, 0.2) is 6.10 Å². The normalized spacial score (nSPS) is 18.8. The molecule has 1 atom stereocenters. The summed E-state index contributed by atoms with van der Waals surface area (Å²) in [5.74, 6) is 0.488. The molecular weight excluding hydrogens is 446 g/mol. The second kappa shape index (κ2) is 9.40. The average molecular weight is 474 g/mol. The van der Waals surface area contributed by atoms with Crippen LogP contribution in [0.4, 0.5) is 5.69 Å². The number of carbonyl (C=O) groups is 2. The fourth-order valence-electron chi connectivity index (χ4n) is 3.93. The maximum atomic E-state index is 13.2. The monoisotopic (exact) mass is 473 g/mol. The van der Waals surface area contributed by atoms with Crippen LogP contribution in [-0.4, -0.2) is 68.3 Å². The molecule has 10 heteroatoms. The summed E-state index contributed by atoms with van der Waals surface area (Å²) in [5, 5.41) is 2.72. The van der Waals surface area contributed by atoms with E-state index in [0.717, 1.165) is 0 Å². The minimum Gasteiger partial charge on any atom is -0.493 e. The quantitative estimate of drug-likeness (QED) is 0.691. The van der Waals surface area contributed by atoms with Gasteiger partial charge in [0.1, 0.15) is 11.5 Å². The van der Waals surface area contributed by atoms with Crippen molar-refractivity contribution in [1.29, 1.82) is 0 Å². The van der Waals surface area contributed by atoms with E-state index < -0.39 is 16.1 Å². The molecule has 1 fully saturated rings. The molecule has 0 radical (unpaired) electrons. The standard InChI is InChI=1S/C23H27N3O6S/c1-3-19-22(27)24-18-15-16(9-10-21(18)32-19)33(29,30)26-13-11-25(12-14-26)23(28)17-7-5-6-8-20(17)31-4-2/h5-10,15,19H,3-4,11-14H2,1-2H3,(H,24,27). The Morgan fingerprint density at radius 2 is 1.85 bits per heavy atom. The third kappa shape index (κ3) is 4.53. The van der Waals surface area contributed by atoms with Gasteiger partial charge in [0, 0.05) is 26.2 Å². The third-order valence-electron chi connectivity index (χ3n) is 5.72. The summed E-state index contributed by atoms with van der Waals surface area (Å²) in [7, 11) is -3.80. The van der Waals surface area contributed by atoms with Gasteiger partial charge >= 0.3 is 0 Å². The van der Waals surface area contributed by atoms with E-state index in [9.17, 15) is 18.0 Å². The van der Waals surface area contributed by atoms with Gasteiger partial charge in [-0.15, -0.1) is 0 Å². The summed E-state index contributed by atoms with van der Waals surface area (Å²) in [6.07, 6.45) is -0.0676. The van der Waals surface area contributed by atoms with Gasteiger partial charge in [-0.1, -0.05) is 19.1 Å². The Labute approximate surface area is 193 Å². The minimum atomic E-state index is -3.80. The van der Waals surface area contributed by atoms with E-state index >= 15 is 0 Å². The van der Waals surface area contributed by atoms with Crippen LogP contribution in [-0.2, 0) is 14.8 Å². The van der Waals surface area contributed by atoms with Crippen molar-refractivity contribution in [3.8, 4) is 11.5 Å². The number of nitrogens with one attached hydrogen (secondary N) is 1. The molecule has 2 amide bonds. The number of sulfonamides is 1. The Hall–Kier alpha value is -3.11. The maximum Gasteiger partial charge on any atom is 0.265 e. The number of piperazine rings is 1. The predicted octanol–water partition coefficient (Wildman–Crippen LogP) is 2.34. The van der Waals surface area contributed by atoms with Crippen molar-refractivity contribution in [1.82, 2.24) is 9.21 Å². The summed E-state index contributed by atoms with van der Waals surface area (Å²) >= 11 is 0. The highest BCUT2D eigenvalue weighted by Gasteiger charge is 2.33. The van der Waals surface area contributed by atoms with Gasteiger partial charge < -0.3 is 19.7 Å². The van der Waals surface area contributed by atoms with Crippen LogP contribution in [0.1, 0.15) is 30.6 Å². The number of nitrogens with zero attached hydrogens (tertiary/aromatic N) is 2. The molecule has 0 aliphatic carbocycles. The second-order valence-corrected chi connectivity index (χ2v) is 9.73. The van der Waals surface area contributed by atoms with Crippen molar-refractivity contribution in [2.45, 2.75) is 31.3 Å². The first-order valence-corrected chi connectivity index (χ1v) is 12.4. The summed E-state index contributed by atoms with van der Waals surface area (Å²) in [6, 6.07) is 11.5. The summed E-state index contributed by atoms with van der Waals surface area (Å²) in [5.41, 5.74) is 0.804. The highest BCUT2D eigenvalue weighted by Crippen LogP contribution is 2.33. The van der Waals surface area contributed by atoms with E-state index in [1.807, 2.05) is 13.8 Å². The number of benzene rings is 2. The molecule has 0 bridgehead atoms. The third-order valence-corrected chi connectivity index (χ3v) is 7.62. The first-order valence-electron chi connectivity index (χ1n) is 11.0. The lowest BCUT2D eigenvalue weighted by Crippen LogP contribution is -2.50.